The third-order valence-electron chi connectivity index (χ3n) is 4.13. The third-order valence-corrected chi connectivity index (χ3v) is 4.13. The maximum atomic E-state index is 14.2. The predicted molar refractivity (Wildman–Crippen MR) is 87.8 cm³/mol. The van der Waals surface area contributed by atoms with E-state index in [2.05, 4.69) is 6.92 Å². The molecule has 0 amide bonds. The van der Waals surface area contributed by atoms with Crippen LogP contribution in [0.25, 0.3) is 21.9 Å². The number of aryl methyl sites for hydroxylation is 1. The molecule has 4 heteroatoms. The lowest BCUT2D eigenvalue weighted by molar-refractivity contribution is 0.451. The molecule has 0 atom stereocenters. The van der Waals surface area contributed by atoms with Gasteiger partial charge in [-0.1, -0.05) is 37.6 Å². The first-order valence-electron chi connectivity index (χ1n) is 7.87. The lowest BCUT2D eigenvalue weighted by Gasteiger charge is -2.09. The van der Waals surface area contributed by atoms with E-state index >= 15 is 0 Å². The Balaban J connectivity index is 2.06. The molecule has 0 aliphatic carbocycles. The van der Waals surface area contributed by atoms with Gasteiger partial charge >= 0.3 is 0 Å². The molecule has 0 aliphatic rings. The smallest absolute Gasteiger partial charge is 0.195 e. The molecule has 0 aliphatic heterocycles. The van der Waals surface area contributed by atoms with Gasteiger partial charge in [-0.25, -0.2) is 17.6 Å². The van der Waals surface area contributed by atoms with E-state index in [0.29, 0.717) is 5.56 Å². The summed E-state index contributed by atoms with van der Waals surface area (Å²) in [7, 11) is 0. The summed E-state index contributed by atoms with van der Waals surface area (Å²) in [4.78, 5) is 0. The summed E-state index contributed by atoms with van der Waals surface area (Å²) in [5.74, 6) is -5.39. The Hall–Kier alpha value is -2.36. The molecule has 0 N–H and O–H groups in total. The molecule has 24 heavy (non-hydrogen) atoms. The highest BCUT2D eigenvalue weighted by molar-refractivity contribution is 5.88. The second-order valence-corrected chi connectivity index (χ2v) is 5.84. The van der Waals surface area contributed by atoms with Crippen LogP contribution < -0.4 is 0 Å². The van der Waals surface area contributed by atoms with Gasteiger partial charge < -0.3 is 0 Å². The summed E-state index contributed by atoms with van der Waals surface area (Å²) in [5, 5.41) is -0.534. The average molecular weight is 332 g/mol. The molecule has 0 nitrogen and oxygen atoms in total. The molecule has 0 bridgehead atoms. The normalized spacial score (nSPS) is 11.2. The number of hydrogen-bond acceptors (Lipinski definition) is 0. The fourth-order valence-corrected chi connectivity index (χ4v) is 2.80. The van der Waals surface area contributed by atoms with Gasteiger partial charge in [-0.2, -0.15) is 0 Å². The molecule has 0 fully saturated rings. The van der Waals surface area contributed by atoms with Gasteiger partial charge in [0, 0.05) is 0 Å². The van der Waals surface area contributed by atoms with Crippen molar-refractivity contribution >= 4 is 10.8 Å². The molecule has 0 heterocycles. The van der Waals surface area contributed by atoms with Crippen molar-refractivity contribution in [3.63, 3.8) is 0 Å². The van der Waals surface area contributed by atoms with Crippen molar-refractivity contribution in [1.82, 2.24) is 0 Å². The molecular formula is C20H16F4. The second kappa shape index (κ2) is 6.63. The van der Waals surface area contributed by atoms with E-state index in [9.17, 15) is 17.6 Å². The highest BCUT2D eigenvalue weighted by Gasteiger charge is 2.17. The van der Waals surface area contributed by atoms with Crippen LogP contribution in [0.15, 0.2) is 42.5 Å². The molecule has 3 aromatic rings. The molecule has 3 rings (SSSR count). The summed E-state index contributed by atoms with van der Waals surface area (Å²) in [5.41, 5.74) is 2.41. The van der Waals surface area contributed by atoms with Crippen molar-refractivity contribution in [2.24, 2.45) is 0 Å². The Bertz CT molecular complexity index is 883. The Kier molecular flexibility index (Phi) is 4.56. The Morgan fingerprint density at radius 2 is 1.46 bits per heavy atom. The number of hydrogen-bond donors (Lipinski definition) is 0. The van der Waals surface area contributed by atoms with Crippen LogP contribution in [0.1, 0.15) is 25.3 Å². The summed E-state index contributed by atoms with van der Waals surface area (Å²) >= 11 is 0. The van der Waals surface area contributed by atoms with E-state index in [1.54, 1.807) is 0 Å². The molecule has 0 aromatic heterocycles. The molecule has 0 radical (unpaired) electrons. The number of halogens is 4. The summed E-state index contributed by atoms with van der Waals surface area (Å²) < 4.78 is 54.7. The standard InChI is InChI=1S/C20H16F4/c1-2-3-4-12-5-7-13(8-6-12)14-9-15-11-17(22)19(23)20(24)18(15)16(21)10-14/h5-11H,2-4H2,1H3. The number of fused-ring (bicyclic) bond motifs is 1. The highest BCUT2D eigenvalue weighted by Crippen LogP contribution is 2.31. The first-order chi connectivity index (χ1) is 11.5. The van der Waals surface area contributed by atoms with Gasteiger partial charge in [-0.15, -0.1) is 0 Å². The van der Waals surface area contributed by atoms with E-state index in [4.69, 9.17) is 0 Å². The minimum absolute atomic E-state index is 0.00328. The van der Waals surface area contributed by atoms with Gasteiger partial charge in [0.15, 0.2) is 17.5 Å². The van der Waals surface area contributed by atoms with Crippen molar-refractivity contribution in [3.05, 3.63) is 71.3 Å². The van der Waals surface area contributed by atoms with Crippen LogP contribution in [-0.2, 0) is 6.42 Å². The molecule has 3 aromatic carbocycles. The van der Waals surface area contributed by atoms with Crippen LogP contribution in [0.4, 0.5) is 17.6 Å². The molecule has 0 saturated carbocycles. The molecule has 0 unspecified atom stereocenters. The zero-order chi connectivity index (χ0) is 17.3. The van der Waals surface area contributed by atoms with Crippen molar-refractivity contribution in [2.75, 3.05) is 0 Å². The predicted octanol–water partition coefficient (Wildman–Crippen LogP) is 6.41. The van der Waals surface area contributed by atoms with E-state index in [-0.39, 0.29) is 5.39 Å². The van der Waals surface area contributed by atoms with E-state index < -0.39 is 28.7 Å². The third kappa shape index (κ3) is 3.01. The number of rotatable bonds is 4. The number of unbranched alkanes of at least 4 members (excludes halogenated alkanes) is 1. The lowest BCUT2D eigenvalue weighted by Crippen LogP contribution is -1.95. The molecule has 0 spiro atoms. The van der Waals surface area contributed by atoms with Crippen LogP contribution >= 0.6 is 0 Å². The molecule has 124 valence electrons. The minimum Gasteiger partial charge on any atom is -0.206 e. The molecular weight excluding hydrogens is 316 g/mol. The second-order valence-electron chi connectivity index (χ2n) is 5.84. The quantitative estimate of drug-likeness (QED) is 0.383. The molecule has 0 saturated heterocycles. The van der Waals surface area contributed by atoms with Crippen LogP contribution in [0.5, 0.6) is 0 Å². The van der Waals surface area contributed by atoms with Crippen LogP contribution in [0.2, 0.25) is 0 Å². The minimum atomic E-state index is -1.66. The zero-order valence-electron chi connectivity index (χ0n) is 13.2. The maximum absolute atomic E-state index is 14.2. The monoisotopic (exact) mass is 332 g/mol. The first kappa shape index (κ1) is 16.5. The Labute approximate surface area is 137 Å². The largest absolute Gasteiger partial charge is 0.206 e. The van der Waals surface area contributed by atoms with Gasteiger partial charge in [-0.05, 0) is 53.1 Å². The van der Waals surface area contributed by atoms with Gasteiger partial charge in [0.05, 0.1) is 5.39 Å². The fourth-order valence-electron chi connectivity index (χ4n) is 2.80. The van der Waals surface area contributed by atoms with Crippen molar-refractivity contribution in [3.8, 4) is 11.1 Å². The van der Waals surface area contributed by atoms with Crippen LogP contribution in [-0.4, -0.2) is 0 Å². The Morgan fingerprint density at radius 3 is 2.12 bits per heavy atom. The van der Waals surface area contributed by atoms with E-state index in [0.717, 1.165) is 37.0 Å². The number of benzene rings is 3. The Morgan fingerprint density at radius 1 is 0.750 bits per heavy atom. The van der Waals surface area contributed by atoms with Crippen molar-refractivity contribution in [1.29, 1.82) is 0 Å². The lowest BCUT2D eigenvalue weighted by atomic mass is 9.98. The zero-order valence-corrected chi connectivity index (χ0v) is 13.2. The van der Waals surface area contributed by atoms with Gasteiger partial charge in [0.25, 0.3) is 0 Å². The fraction of sp³-hybridized carbons (Fsp3) is 0.200. The maximum Gasteiger partial charge on any atom is 0.195 e. The average Bonchev–Trinajstić information content (AvgIpc) is 2.58. The van der Waals surface area contributed by atoms with E-state index in [1.165, 1.54) is 11.6 Å². The first-order valence-corrected chi connectivity index (χ1v) is 7.87. The van der Waals surface area contributed by atoms with Gasteiger partial charge in [0.1, 0.15) is 5.82 Å². The summed E-state index contributed by atoms with van der Waals surface area (Å²) in [6.45, 7) is 2.12. The van der Waals surface area contributed by atoms with Crippen LogP contribution in [0.3, 0.4) is 0 Å². The summed E-state index contributed by atoms with van der Waals surface area (Å²) in [6, 6.07) is 11.0. The summed E-state index contributed by atoms with van der Waals surface area (Å²) in [6.07, 6.45) is 3.16. The van der Waals surface area contributed by atoms with Gasteiger partial charge in [0.2, 0.25) is 0 Å². The van der Waals surface area contributed by atoms with Crippen LogP contribution in [0, 0.1) is 23.3 Å². The SMILES string of the molecule is CCCCc1ccc(-c2cc(F)c3c(F)c(F)c(F)cc3c2)cc1. The van der Waals surface area contributed by atoms with Crippen molar-refractivity contribution < 1.29 is 17.6 Å². The van der Waals surface area contributed by atoms with Crippen molar-refractivity contribution in [2.45, 2.75) is 26.2 Å². The van der Waals surface area contributed by atoms with E-state index in [1.807, 2.05) is 24.3 Å². The highest BCUT2D eigenvalue weighted by atomic mass is 19.2. The van der Waals surface area contributed by atoms with Gasteiger partial charge in [-0.3, -0.25) is 0 Å². The topological polar surface area (TPSA) is 0 Å².